The van der Waals surface area contributed by atoms with Crippen LogP contribution in [0.5, 0.6) is 0 Å². The normalized spacial score (nSPS) is 15.9. The van der Waals surface area contributed by atoms with Crippen molar-refractivity contribution < 1.29 is 13.2 Å². The predicted octanol–water partition coefficient (Wildman–Crippen LogP) is 3.30. The number of benzene rings is 2. The Labute approximate surface area is 163 Å². The van der Waals surface area contributed by atoms with E-state index in [9.17, 15) is 8.42 Å². The molecular weight excluding hydrogens is 395 g/mol. The van der Waals surface area contributed by atoms with Crippen molar-refractivity contribution in [1.82, 2.24) is 9.62 Å². The number of halogens is 2. The predicted molar refractivity (Wildman–Crippen MR) is 103 cm³/mol. The van der Waals surface area contributed by atoms with Crippen LogP contribution in [0.1, 0.15) is 11.1 Å². The van der Waals surface area contributed by atoms with Gasteiger partial charge in [-0.2, -0.15) is 0 Å². The molecule has 0 aliphatic carbocycles. The van der Waals surface area contributed by atoms with Gasteiger partial charge in [-0.3, -0.25) is 4.90 Å². The Hall–Kier alpha value is -1.15. The highest BCUT2D eigenvalue weighted by Gasteiger charge is 2.17. The number of hydrogen-bond acceptors (Lipinski definition) is 4. The molecule has 0 bridgehead atoms. The molecule has 1 N–H and O–H groups in total. The zero-order valence-corrected chi connectivity index (χ0v) is 16.4. The van der Waals surface area contributed by atoms with Crippen molar-refractivity contribution in [3.05, 3.63) is 63.6 Å². The van der Waals surface area contributed by atoms with Crippen LogP contribution in [0.3, 0.4) is 0 Å². The minimum Gasteiger partial charge on any atom is -0.379 e. The van der Waals surface area contributed by atoms with Gasteiger partial charge in [0.15, 0.2) is 0 Å². The summed E-state index contributed by atoms with van der Waals surface area (Å²) in [5.41, 5.74) is 2.05. The largest absolute Gasteiger partial charge is 0.379 e. The third kappa shape index (κ3) is 4.97. The van der Waals surface area contributed by atoms with Gasteiger partial charge in [0.05, 0.1) is 28.2 Å². The van der Waals surface area contributed by atoms with Gasteiger partial charge in [-0.1, -0.05) is 47.5 Å². The number of sulfonamides is 1. The maximum absolute atomic E-state index is 12.5. The topological polar surface area (TPSA) is 58.6 Å². The summed E-state index contributed by atoms with van der Waals surface area (Å²) in [5, 5.41) is 0.531. The van der Waals surface area contributed by atoms with E-state index in [0.29, 0.717) is 5.02 Å². The van der Waals surface area contributed by atoms with Gasteiger partial charge in [0.25, 0.3) is 0 Å². The van der Waals surface area contributed by atoms with Crippen molar-refractivity contribution in [3.63, 3.8) is 0 Å². The summed E-state index contributed by atoms with van der Waals surface area (Å²) in [6.07, 6.45) is 0. The van der Waals surface area contributed by atoms with E-state index in [2.05, 4.69) is 9.62 Å². The van der Waals surface area contributed by atoms with Crippen molar-refractivity contribution in [2.75, 3.05) is 26.3 Å². The molecule has 0 spiro atoms. The second-order valence-electron chi connectivity index (χ2n) is 6.06. The molecule has 0 unspecified atom stereocenters. The van der Waals surface area contributed by atoms with Gasteiger partial charge in [-0.25, -0.2) is 13.1 Å². The summed E-state index contributed by atoms with van der Waals surface area (Å²) in [5.74, 6) is 0. The van der Waals surface area contributed by atoms with Crippen molar-refractivity contribution in [3.8, 4) is 0 Å². The summed E-state index contributed by atoms with van der Waals surface area (Å²) < 4.78 is 33.1. The molecule has 1 saturated heterocycles. The highest BCUT2D eigenvalue weighted by atomic mass is 35.5. The number of hydrogen-bond donors (Lipinski definition) is 1. The SMILES string of the molecule is O=S(=O)(NCc1ccccc1CN1CCOCC1)c1ccc(Cl)c(Cl)c1. The Kier molecular flexibility index (Phi) is 6.55. The lowest BCUT2D eigenvalue weighted by Crippen LogP contribution is -2.36. The van der Waals surface area contributed by atoms with Crippen molar-refractivity contribution in [2.24, 2.45) is 0 Å². The Balaban J connectivity index is 1.71. The third-order valence-electron chi connectivity index (χ3n) is 4.27. The lowest BCUT2D eigenvalue weighted by atomic mass is 10.1. The number of morpholine rings is 1. The molecule has 0 saturated carbocycles. The van der Waals surface area contributed by atoms with Crippen LogP contribution < -0.4 is 4.72 Å². The van der Waals surface area contributed by atoms with E-state index in [1.54, 1.807) is 0 Å². The van der Waals surface area contributed by atoms with Crippen LogP contribution in [0.4, 0.5) is 0 Å². The second-order valence-corrected chi connectivity index (χ2v) is 8.64. The van der Waals surface area contributed by atoms with Crippen LogP contribution in [-0.4, -0.2) is 39.6 Å². The second kappa shape index (κ2) is 8.69. The first-order valence-corrected chi connectivity index (χ1v) is 10.5. The molecule has 0 amide bonds. The molecule has 1 heterocycles. The first-order valence-electron chi connectivity index (χ1n) is 8.27. The molecule has 26 heavy (non-hydrogen) atoms. The van der Waals surface area contributed by atoms with Crippen LogP contribution in [0, 0.1) is 0 Å². The van der Waals surface area contributed by atoms with Crippen molar-refractivity contribution >= 4 is 33.2 Å². The van der Waals surface area contributed by atoms with Crippen LogP contribution in [0.15, 0.2) is 47.4 Å². The molecular formula is C18H20Cl2N2O3S. The lowest BCUT2D eigenvalue weighted by molar-refractivity contribution is 0.0341. The van der Waals surface area contributed by atoms with Crippen LogP contribution in [-0.2, 0) is 27.8 Å². The molecule has 140 valence electrons. The minimum absolute atomic E-state index is 0.0950. The summed E-state index contributed by atoms with van der Waals surface area (Å²) in [6, 6.07) is 12.1. The molecule has 2 aromatic carbocycles. The maximum Gasteiger partial charge on any atom is 0.240 e. The fourth-order valence-corrected chi connectivity index (χ4v) is 4.18. The molecule has 1 aliphatic rings. The zero-order chi connectivity index (χ0) is 18.6. The van der Waals surface area contributed by atoms with E-state index in [1.165, 1.54) is 18.2 Å². The molecule has 8 heteroatoms. The average molecular weight is 415 g/mol. The molecule has 5 nitrogen and oxygen atoms in total. The first kappa shape index (κ1) is 19.6. The lowest BCUT2D eigenvalue weighted by Gasteiger charge is -2.27. The van der Waals surface area contributed by atoms with Gasteiger partial charge >= 0.3 is 0 Å². The number of ether oxygens (including phenoxy) is 1. The fourth-order valence-electron chi connectivity index (χ4n) is 2.78. The van der Waals surface area contributed by atoms with Crippen molar-refractivity contribution in [2.45, 2.75) is 18.0 Å². The molecule has 1 fully saturated rings. The summed E-state index contributed by atoms with van der Waals surface area (Å²) >= 11 is 11.8. The number of nitrogens with zero attached hydrogens (tertiary/aromatic N) is 1. The van der Waals surface area contributed by atoms with Crippen LogP contribution in [0.25, 0.3) is 0 Å². The van der Waals surface area contributed by atoms with Gasteiger partial charge in [0.2, 0.25) is 10.0 Å². The highest BCUT2D eigenvalue weighted by Crippen LogP contribution is 2.25. The maximum atomic E-state index is 12.5. The first-order chi connectivity index (χ1) is 12.5. The van der Waals surface area contributed by atoms with E-state index in [4.69, 9.17) is 27.9 Å². The molecule has 0 radical (unpaired) electrons. The number of rotatable bonds is 6. The Morgan fingerprint density at radius 2 is 1.69 bits per heavy atom. The highest BCUT2D eigenvalue weighted by molar-refractivity contribution is 7.89. The molecule has 0 atom stereocenters. The third-order valence-corrected chi connectivity index (χ3v) is 6.41. The average Bonchev–Trinajstić information content (AvgIpc) is 2.64. The van der Waals surface area contributed by atoms with Crippen LogP contribution >= 0.6 is 23.2 Å². The van der Waals surface area contributed by atoms with Gasteiger partial charge < -0.3 is 4.74 Å². The van der Waals surface area contributed by atoms with E-state index < -0.39 is 10.0 Å². The monoisotopic (exact) mass is 414 g/mol. The Morgan fingerprint density at radius 3 is 2.38 bits per heavy atom. The Morgan fingerprint density at radius 1 is 1.00 bits per heavy atom. The van der Waals surface area contributed by atoms with Gasteiger partial charge in [-0.05, 0) is 29.3 Å². The molecule has 2 aromatic rings. The zero-order valence-electron chi connectivity index (χ0n) is 14.1. The van der Waals surface area contributed by atoms with Gasteiger partial charge in [0, 0.05) is 26.2 Å². The fraction of sp³-hybridized carbons (Fsp3) is 0.333. The van der Waals surface area contributed by atoms with Crippen molar-refractivity contribution in [1.29, 1.82) is 0 Å². The summed E-state index contributed by atoms with van der Waals surface area (Å²) in [6.45, 7) is 4.20. The quantitative estimate of drug-likeness (QED) is 0.787. The molecule has 3 rings (SSSR count). The summed E-state index contributed by atoms with van der Waals surface area (Å²) in [4.78, 5) is 2.40. The number of nitrogens with one attached hydrogen (secondary N) is 1. The van der Waals surface area contributed by atoms with E-state index >= 15 is 0 Å². The molecule has 0 aromatic heterocycles. The van der Waals surface area contributed by atoms with Gasteiger partial charge in [0.1, 0.15) is 0 Å². The van der Waals surface area contributed by atoms with Crippen LogP contribution in [0.2, 0.25) is 10.0 Å². The van der Waals surface area contributed by atoms with Gasteiger partial charge in [-0.15, -0.1) is 0 Å². The van der Waals surface area contributed by atoms with E-state index in [1.807, 2.05) is 24.3 Å². The Bertz CT molecular complexity index is 868. The van der Waals surface area contributed by atoms with E-state index in [0.717, 1.165) is 44.0 Å². The minimum atomic E-state index is -3.67. The standard InChI is InChI=1S/C18H20Cl2N2O3S/c19-17-6-5-16(11-18(17)20)26(23,24)21-12-14-3-1-2-4-15(14)13-22-7-9-25-10-8-22/h1-6,11,21H,7-10,12-13H2. The smallest absolute Gasteiger partial charge is 0.240 e. The molecule has 1 aliphatic heterocycles. The van der Waals surface area contributed by atoms with E-state index in [-0.39, 0.29) is 16.5 Å². The summed E-state index contributed by atoms with van der Waals surface area (Å²) in [7, 11) is -3.67.